The minimum absolute atomic E-state index is 0.259. The molecule has 21 heavy (non-hydrogen) atoms. The lowest BCUT2D eigenvalue weighted by Gasteiger charge is -2.41. The van der Waals surface area contributed by atoms with Crippen molar-refractivity contribution in [2.75, 3.05) is 7.11 Å². The molecule has 4 unspecified atom stereocenters. The highest BCUT2D eigenvalue weighted by Gasteiger charge is 2.35. The number of halogens is 2. The van der Waals surface area contributed by atoms with Crippen molar-refractivity contribution >= 4 is 15.9 Å². The van der Waals surface area contributed by atoms with Gasteiger partial charge in [0.2, 0.25) is 0 Å². The molecule has 1 aromatic carbocycles. The minimum atomic E-state index is -0.259. The number of hydrogen-bond acceptors (Lipinski definition) is 1. The zero-order valence-electron chi connectivity index (χ0n) is 12.7. The average molecular weight is 355 g/mol. The summed E-state index contributed by atoms with van der Waals surface area (Å²) in [4.78, 5) is 0.265. The molecule has 0 saturated heterocycles. The highest BCUT2D eigenvalue weighted by atomic mass is 79.9. The molecule has 0 heterocycles. The summed E-state index contributed by atoms with van der Waals surface area (Å²) < 4.78 is 18.9. The van der Waals surface area contributed by atoms with Crippen molar-refractivity contribution in [3.8, 4) is 5.75 Å². The summed E-state index contributed by atoms with van der Waals surface area (Å²) in [6.07, 6.45) is 9.58. The second kappa shape index (κ2) is 6.68. The Balaban J connectivity index is 1.70. The van der Waals surface area contributed by atoms with Crippen molar-refractivity contribution in [2.24, 2.45) is 17.8 Å². The topological polar surface area (TPSA) is 9.23 Å². The third-order valence-corrected chi connectivity index (χ3v) is 6.76. The summed E-state index contributed by atoms with van der Waals surface area (Å²) in [5, 5.41) is 0. The molecule has 0 radical (unpaired) electrons. The maximum Gasteiger partial charge on any atom is 0.165 e. The van der Waals surface area contributed by atoms with Gasteiger partial charge in [0.15, 0.2) is 11.6 Å². The lowest BCUT2D eigenvalue weighted by Crippen LogP contribution is -2.29. The van der Waals surface area contributed by atoms with Crippen molar-refractivity contribution in [1.82, 2.24) is 0 Å². The summed E-state index contributed by atoms with van der Waals surface area (Å²) in [7, 11) is 1.51. The molecule has 2 fully saturated rings. The third-order valence-electron chi connectivity index (χ3n) is 5.49. The van der Waals surface area contributed by atoms with Crippen molar-refractivity contribution in [3.63, 3.8) is 0 Å². The molecule has 116 valence electrons. The van der Waals surface area contributed by atoms with E-state index in [-0.39, 0.29) is 10.6 Å². The molecular formula is C18H24BrFO. The standard InChI is InChI=1S/C18H24BrFO/c1-21-17-9-8-15(11-16(17)20)18(19)14-7-6-12-4-2-3-5-13(12)10-14/h8-9,11-14,18H,2-7,10H2,1H3. The molecule has 4 atom stereocenters. The Kier molecular flexibility index (Phi) is 4.88. The predicted octanol–water partition coefficient (Wildman–Crippen LogP) is 5.88. The van der Waals surface area contributed by atoms with Crippen LogP contribution in [0.25, 0.3) is 0 Å². The molecule has 2 aliphatic rings. The van der Waals surface area contributed by atoms with Crippen LogP contribution in [0.4, 0.5) is 4.39 Å². The first-order valence-corrected chi connectivity index (χ1v) is 9.08. The number of benzene rings is 1. The molecular weight excluding hydrogens is 331 g/mol. The number of methoxy groups -OCH3 is 1. The minimum Gasteiger partial charge on any atom is -0.494 e. The molecule has 3 heteroatoms. The summed E-state index contributed by atoms with van der Waals surface area (Å²) in [5.74, 6) is 2.57. The lowest BCUT2D eigenvalue weighted by atomic mass is 9.66. The average Bonchev–Trinajstić information content (AvgIpc) is 2.53. The number of rotatable bonds is 3. The van der Waals surface area contributed by atoms with Crippen LogP contribution in [0.15, 0.2) is 18.2 Å². The Morgan fingerprint density at radius 3 is 2.62 bits per heavy atom. The van der Waals surface area contributed by atoms with Gasteiger partial charge in [-0.3, -0.25) is 0 Å². The molecule has 1 aromatic rings. The first-order chi connectivity index (χ1) is 10.2. The van der Waals surface area contributed by atoms with Gasteiger partial charge in [0.05, 0.1) is 7.11 Å². The van der Waals surface area contributed by atoms with Gasteiger partial charge in [-0.05, 0) is 54.7 Å². The van der Waals surface area contributed by atoms with Crippen molar-refractivity contribution in [2.45, 2.75) is 49.8 Å². The maximum absolute atomic E-state index is 13.9. The fourth-order valence-corrected chi connectivity index (χ4v) is 5.07. The van der Waals surface area contributed by atoms with Gasteiger partial charge >= 0.3 is 0 Å². The number of alkyl halides is 1. The van der Waals surface area contributed by atoms with Crippen LogP contribution in [0.3, 0.4) is 0 Å². The molecule has 3 rings (SSSR count). The fraction of sp³-hybridized carbons (Fsp3) is 0.667. The maximum atomic E-state index is 13.9. The van der Waals surface area contributed by atoms with Gasteiger partial charge in [-0.2, -0.15) is 0 Å². The Hall–Kier alpha value is -0.570. The van der Waals surface area contributed by atoms with Gasteiger partial charge in [-0.15, -0.1) is 0 Å². The Bertz CT molecular complexity index is 490. The van der Waals surface area contributed by atoms with E-state index in [4.69, 9.17) is 4.74 Å². The van der Waals surface area contributed by atoms with Crippen LogP contribution >= 0.6 is 15.9 Å². The summed E-state index contributed by atoms with van der Waals surface area (Å²) in [6.45, 7) is 0. The molecule has 0 bridgehead atoms. The monoisotopic (exact) mass is 354 g/mol. The summed E-state index contributed by atoms with van der Waals surface area (Å²) >= 11 is 3.84. The van der Waals surface area contributed by atoms with Crippen molar-refractivity contribution in [3.05, 3.63) is 29.6 Å². The molecule has 0 N–H and O–H groups in total. The van der Waals surface area contributed by atoms with Crippen LogP contribution < -0.4 is 4.74 Å². The third kappa shape index (κ3) is 3.28. The fourth-order valence-electron chi connectivity index (χ4n) is 4.30. The van der Waals surface area contributed by atoms with E-state index in [0.717, 1.165) is 17.4 Å². The molecule has 0 spiro atoms. The molecule has 0 aromatic heterocycles. The zero-order chi connectivity index (χ0) is 14.8. The van der Waals surface area contributed by atoms with Crippen LogP contribution in [0.5, 0.6) is 5.75 Å². The van der Waals surface area contributed by atoms with E-state index in [9.17, 15) is 4.39 Å². The van der Waals surface area contributed by atoms with Gasteiger partial charge in [-0.1, -0.05) is 47.7 Å². The smallest absolute Gasteiger partial charge is 0.165 e. The Labute approximate surface area is 135 Å². The van der Waals surface area contributed by atoms with Gasteiger partial charge < -0.3 is 4.74 Å². The van der Waals surface area contributed by atoms with Crippen LogP contribution in [0, 0.1) is 23.6 Å². The molecule has 0 aliphatic heterocycles. The molecule has 2 aliphatic carbocycles. The van der Waals surface area contributed by atoms with Crippen LogP contribution in [0.1, 0.15) is 55.3 Å². The highest BCUT2D eigenvalue weighted by molar-refractivity contribution is 9.09. The number of ether oxygens (including phenoxy) is 1. The van der Waals surface area contributed by atoms with Crippen LogP contribution in [-0.4, -0.2) is 7.11 Å². The summed E-state index contributed by atoms with van der Waals surface area (Å²) in [5.41, 5.74) is 1.05. The van der Waals surface area contributed by atoms with E-state index in [0.29, 0.717) is 11.7 Å². The van der Waals surface area contributed by atoms with Crippen molar-refractivity contribution < 1.29 is 9.13 Å². The van der Waals surface area contributed by atoms with E-state index in [2.05, 4.69) is 15.9 Å². The number of fused-ring (bicyclic) bond motifs is 1. The highest BCUT2D eigenvalue weighted by Crippen LogP contribution is 2.48. The van der Waals surface area contributed by atoms with E-state index >= 15 is 0 Å². The Morgan fingerprint density at radius 2 is 1.90 bits per heavy atom. The zero-order valence-corrected chi connectivity index (χ0v) is 14.2. The van der Waals surface area contributed by atoms with Crippen molar-refractivity contribution in [1.29, 1.82) is 0 Å². The quantitative estimate of drug-likeness (QED) is 0.616. The van der Waals surface area contributed by atoms with Gasteiger partial charge in [0.1, 0.15) is 0 Å². The predicted molar refractivity (Wildman–Crippen MR) is 87.4 cm³/mol. The van der Waals surface area contributed by atoms with Gasteiger partial charge in [0, 0.05) is 4.83 Å². The normalized spacial score (nSPS) is 30.5. The SMILES string of the molecule is COc1ccc(C(Br)C2CCC3CCCCC3C2)cc1F. The second-order valence-corrected chi connectivity index (χ2v) is 7.66. The second-order valence-electron chi connectivity index (χ2n) is 6.67. The first-order valence-electron chi connectivity index (χ1n) is 8.16. The molecule has 2 saturated carbocycles. The van der Waals surface area contributed by atoms with Crippen LogP contribution in [-0.2, 0) is 0 Å². The van der Waals surface area contributed by atoms with Gasteiger partial charge in [0.25, 0.3) is 0 Å². The van der Waals surface area contributed by atoms with E-state index in [1.54, 1.807) is 12.1 Å². The van der Waals surface area contributed by atoms with E-state index < -0.39 is 0 Å². The van der Waals surface area contributed by atoms with Crippen LogP contribution in [0.2, 0.25) is 0 Å². The van der Waals surface area contributed by atoms with E-state index in [1.807, 2.05) is 6.07 Å². The van der Waals surface area contributed by atoms with E-state index in [1.165, 1.54) is 52.1 Å². The summed E-state index contributed by atoms with van der Waals surface area (Å²) in [6, 6.07) is 5.37. The first kappa shape index (κ1) is 15.3. The number of hydrogen-bond donors (Lipinski definition) is 0. The molecule has 1 nitrogen and oxygen atoms in total. The van der Waals surface area contributed by atoms with Gasteiger partial charge in [-0.25, -0.2) is 4.39 Å². The largest absolute Gasteiger partial charge is 0.494 e. The lowest BCUT2D eigenvalue weighted by molar-refractivity contribution is 0.129. The molecule has 0 amide bonds. The Morgan fingerprint density at radius 1 is 1.14 bits per heavy atom.